The smallest absolute Gasteiger partial charge is 0.169 e. The Kier molecular flexibility index (Phi) is 45.8. The van der Waals surface area contributed by atoms with Gasteiger partial charge < -0.3 is 4.74 Å². The minimum Gasteiger partial charge on any atom is -0.484 e. The van der Waals surface area contributed by atoms with Crippen molar-refractivity contribution in [3.05, 3.63) is 0 Å². The van der Waals surface area contributed by atoms with Crippen molar-refractivity contribution in [2.45, 2.75) is 48.0 Å². The highest BCUT2D eigenvalue weighted by Crippen LogP contribution is 1.75. The number of aliphatic imine (C=N–C) groups is 1. The van der Waals surface area contributed by atoms with Gasteiger partial charge in [0.1, 0.15) is 0 Å². The minimum atomic E-state index is 0.781. The zero-order chi connectivity index (χ0) is 10.2. The van der Waals surface area contributed by atoms with Gasteiger partial charge in [0.25, 0.3) is 0 Å². The Labute approximate surface area is 78.0 Å². The van der Waals surface area contributed by atoms with Crippen molar-refractivity contribution in [2.75, 3.05) is 13.2 Å². The van der Waals surface area contributed by atoms with Crippen molar-refractivity contribution in [2.24, 2.45) is 4.99 Å². The van der Waals surface area contributed by atoms with Crippen molar-refractivity contribution in [3.63, 3.8) is 0 Å². The Morgan fingerprint density at radius 1 is 1.08 bits per heavy atom. The van der Waals surface area contributed by atoms with Gasteiger partial charge in [0, 0.05) is 6.54 Å². The summed E-state index contributed by atoms with van der Waals surface area (Å²) in [6, 6.07) is 0. The summed E-state index contributed by atoms with van der Waals surface area (Å²) in [7, 11) is 0. The highest BCUT2D eigenvalue weighted by molar-refractivity contribution is 5.45. The van der Waals surface area contributed by atoms with Crippen LogP contribution in [-0.2, 0) is 4.74 Å². The van der Waals surface area contributed by atoms with Gasteiger partial charge in [-0.2, -0.15) is 0 Å². The van der Waals surface area contributed by atoms with Gasteiger partial charge >= 0.3 is 0 Å². The molecular formula is C10H25NO. The van der Waals surface area contributed by atoms with Crippen LogP contribution in [0.3, 0.4) is 0 Å². The second kappa shape index (κ2) is 31.4. The maximum Gasteiger partial charge on any atom is 0.169 e. The molecule has 0 rings (SSSR count). The van der Waals surface area contributed by atoms with E-state index >= 15 is 0 Å². The molecule has 0 aromatic heterocycles. The predicted molar refractivity (Wildman–Crippen MR) is 58.0 cm³/mol. The first-order valence-corrected chi connectivity index (χ1v) is 5.01. The average Bonchev–Trinajstić information content (AvgIpc) is 2.19. The third kappa shape index (κ3) is 34.0. The fourth-order valence-corrected chi connectivity index (χ4v) is 0.298. The van der Waals surface area contributed by atoms with Crippen LogP contribution >= 0.6 is 0 Å². The zero-order valence-corrected chi connectivity index (χ0v) is 9.55. The van der Waals surface area contributed by atoms with Crippen molar-refractivity contribution in [3.8, 4) is 0 Å². The molecule has 0 spiro atoms. The molecule has 0 amide bonds. The quantitative estimate of drug-likeness (QED) is 0.364. The summed E-state index contributed by atoms with van der Waals surface area (Å²) in [5, 5.41) is 0. The van der Waals surface area contributed by atoms with Gasteiger partial charge in [-0.15, -0.1) is 0 Å². The van der Waals surface area contributed by atoms with E-state index in [4.69, 9.17) is 4.74 Å². The van der Waals surface area contributed by atoms with E-state index in [0.717, 1.165) is 19.6 Å². The molecule has 0 atom stereocenters. The Morgan fingerprint density at radius 2 is 1.58 bits per heavy atom. The molecule has 0 aliphatic rings. The van der Waals surface area contributed by atoms with Crippen molar-refractivity contribution < 1.29 is 4.74 Å². The molecule has 0 heterocycles. The van der Waals surface area contributed by atoms with E-state index in [0.29, 0.717) is 0 Å². The highest BCUT2D eigenvalue weighted by atomic mass is 16.5. The Morgan fingerprint density at radius 3 is 1.92 bits per heavy atom. The van der Waals surface area contributed by atoms with Gasteiger partial charge in [0.2, 0.25) is 0 Å². The molecule has 2 nitrogen and oxygen atoms in total. The van der Waals surface area contributed by atoms with Crippen LogP contribution in [0.1, 0.15) is 48.0 Å². The van der Waals surface area contributed by atoms with Gasteiger partial charge in [0.15, 0.2) is 6.40 Å². The lowest BCUT2D eigenvalue weighted by Gasteiger charge is -1.91. The lowest BCUT2D eigenvalue weighted by atomic mass is 10.5. The molecule has 0 aliphatic carbocycles. The van der Waals surface area contributed by atoms with E-state index in [9.17, 15) is 0 Å². The van der Waals surface area contributed by atoms with Crippen LogP contribution in [0.2, 0.25) is 0 Å². The van der Waals surface area contributed by atoms with Gasteiger partial charge in [-0.05, 0) is 13.3 Å². The summed E-state index contributed by atoms with van der Waals surface area (Å²) in [4.78, 5) is 3.86. The Balaban J connectivity index is -0.000000175. The van der Waals surface area contributed by atoms with Crippen LogP contribution in [0, 0.1) is 0 Å². The molecule has 0 aromatic carbocycles. The molecule has 0 N–H and O–H groups in total. The average molecular weight is 175 g/mol. The normalized spacial score (nSPS) is 7.83. The molecule has 0 bridgehead atoms. The van der Waals surface area contributed by atoms with E-state index < -0.39 is 0 Å². The first-order valence-electron chi connectivity index (χ1n) is 5.01. The van der Waals surface area contributed by atoms with Gasteiger partial charge in [-0.1, -0.05) is 34.6 Å². The lowest BCUT2D eigenvalue weighted by molar-refractivity contribution is 0.318. The second-order valence-corrected chi connectivity index (χ2v) is 1.48. The zero-order valence-electron chi connectivity index (χ0n) is 9.55. The Bertz CT molecular complexity index is 62.9. The van der Waals surface area contributed by atoms with Crippen LogP contribution in [0.15, 0.2) is 4.99 Å². The fraction of sp³-hybridized carbons (Fsp3) is 0.900. The molecule has 0 fully saturated rings. The monoisotopic (exact) mass is 175 g/mol. The molecule has 0 saturated heterocycles. The summed E-state index contributed by atoms with van der Waals surface area (Å²) >= 11 is 0. The number of hydrogen-bond donors (Lipinski definition) is 0. The summed E-state index contributed by atoms with van der Waals surface area (Å²) in [5.74, 6) is 0. The van der Waals surface area contributed by atoms with Crippen molar-refractivity contribution >= 4 is 6.40 Å². The molecule has 0 unspecified atom stereocenters. The number of ether oxygens (including phenoxy) is 1. The molecule has 76 valence electrons. The number of rotatable bonds is 4. The minimum absolute atomic E-state index is 0.781. The number of hydrogen-bond acceptors (Lipinski definition) is 2. The van der Waals surface area contributed by atoms with E-state index in [1.807, 2.05) is 34.6 Å². The fourth-order valence-electron chi connectivity index (χ4n) is 0.298. The third-order valence-electron chi connectivity index (χ3n) is 0.654. The first-order chi connectivity index (χ1) is 5.91. The topological polar surface area (TPSA) is 21.6 Å². The Hall–Kier alpha value is -0.530. The number of nitrogens with zero attached hydrogens (tertiary/aromatic N) is 1. The third-order valence-corrected chi connectivity index (χ3v) is 0.654. The van der Waals surface area contributed by atoms with Gasteiger partial charge in [-0.3, -0.25) is 4.99 Å². The molecule has 0 radical (unpaired) electrons. The van der Waals surface area contributed by atoms with E-state index in [1.165, 1.54) is 6.40 Å². The standard InChI is InChI=1S/C6H13NO.2C2H6/c1-3-5-8-6-7-4-2;2*1-2/h6H,3-5H2,1-2H3;2*1-2H3. The molecule has 12 heavy (non-hydrogen) atoms. The van der Waals surface area contributed by atoms with Crippen molar-refractivity contribution in [1.29, 1.82) is 0 Å². The van der Waals surface area contributed by atoms with Gasteiger partial charge in [-0.25, -0.2) is 0 Å². The van der Waals surface area contributed by atoms with Crippen LogP contribution in [0.25, 0.3) is 0 Å². The van der Waals surface area contributed by atoms with E-state index in [1.54, 1.807) is 0 Å². The summed E-state index contributed by atoms with van der Waals surface area (Å²) < 4.78 is 4.93. The van der Waals surface area contributed by atoms with Crippen LogP contribution in [0.5, 0.6) is 0 Å². The second-order valence-electron chi connectivity index (χ2n) is 1.48. The molecule has 0 aromatic rings. The van der Waals surface area contributed by atoms with E-state index in [2.05, 4.69) is 11.9 Å². The lowest BCUT2D eigenvalue weighted by Crippen LogP contribution is -1.88. The largest absolute Gasteiger partial charge is 0.484 e. The highest BCUT2D eigenvalue weighted by Gasteiger charge is 1.72. The summed E-state index contributed by atoms with van der Waals surface area (Å²) in [5.41, 5.74) is 0. The van der Waals surface area contributed by atoms with Crippen LogP contribution in [-0.4, -0.2) is 19.6 Å². The van der Waals surface area contributed by atoms with Crippen LogP contribution < -0.4 is 0 Å². The molecular weight excluding hydrogens is 150 g/mol. The predicted octanol–water partition coefficient (Wildman–Crippen LogP) is 3.51. The maximum atomic E-state index is 4.93. The molecule has 0 aliphatic heterocycles. The van der Waals surface area contributed by atoms with Gasteiger partial charge in [0.05, 0.1) is 6.61 Å². The summed E-state index contributed by atoms with van der Waals surface area (Å²) in [6.07, 6.45) is 2.57. The van der Waals surface area contributed by atoms with E-state index in [-0.39, 0.29) is 0 Å². The first kappa shape index (κ1) is 17.5. The van der Waals surface area contributed by atoms with Crippen LogP contribution in [0.4, 0.5) is 0 Å². The maximum absolute atomic E-state index is 4.93. The molecule has 0 saturated carbocycles. The summed E-state index contributed by atoms with van der Waals surface area (Å²) in [6.45, 7) is 13.6. The van der Waals surface area contributed by atoms with Crippen molar-refractivity contribution in [1.82, 2.24) is 0 Å². The SMILES string of the molecule is CC.CC.CCCOC=NCC. The molecule has 2 heteroatoms.